The molecule has 0 atom stereocenters. The molecule has 0 aliphatic rings. The molecule has 0 aliphatic heterocycles. The summed E-state index contributed by atoms with van der Waals surface area (Å²) in [6.07, 6.45) is 0. The van der Waals surface area contributed by atoms with Crippen molar-refractivity contribution in [3.63, 3.8) is 0 Å². The number of hydrogen-bond donors (Lipinski definition) is 3. The van der Waals surface area contributed by atoms with Gasteiger partial charge in [-0.15, -0.1) is 0 Å². The molecule has 3 aromatic rings. The molecule has 0 radical (unpaired) electrons. The van der Waals surface area contributed by atoms with Crippen LogP contribution in [-0.4, -0.2) is 28.6 Å². The van der Waals surface area contributed by atoms with E-state index < -0.39 is 35.4 Å². The zero-order valence-corrected chi connectivity index (χ0v) is 13.9. The standard InChI is InChI=1S/C18H12ClNO6/c19-10-6-11(9-4-2-1-3-5-9)16-12(7-10)15(23)14(18(25)26-16)17(24)20-8-13(21)22/h1-7,23H,8H2,(H,20,24)(H,21,22). The number of aliphatic carboxylic acids is 1. The van der Waals surface area contributed by atoms with E-state index in [0.29, 0.717) is 11.1 Å². The molecule has 8 heteroatoms. The van der Waals surface area contributed by atoms with Gasteiger partial charge in [0.05, 0.1) is 5.39 Å². The maximum absolute atomic E-state index is 12.2. The Balaban J connectivity index is 2.23. The quantitative estimate of drug-likeness (QED) is 0.605. The molecule has 0 aliphatic carbocycles. The van der Waals surface area contributed by atoms with Crippen molar-refractivity contribution in [3.05, 3.63) is 63.5 Å². The van der Waals surface area contributed by atoms with Crippen LogP contribution in [0.25, 0.3) is 22.1 Å². The van der Waals surface area contributed by atoms with Gasteiger partial charge in [-0.1, -0.05) is 41.9 Å². The second-order valence-corrected chi connectivity index (χ2v) is 5.82. The van der Waals surface area contributed by atoms with Crippen LogP contribution < -0.4 is 10.9 Å². The van der Waals surface area contributed by atoms with Crippen molar-refractivity contribution in [1.29, 1.82) is 0 Å². The number of rotatable bonds is 4. The van der Waals surface area contributed by atoms with E-state index in [4.69, 9.17) is 21.1 Å². The van der Waals surface area contributed by atoms with Crippen LogP contribution in [0.4, 0.5) is 0 Å². The van der Waals surface area contributed by atoms with E-state index in [2.05, 4.69) is 0 Å². The Morgan fingerprint density at radius 1 is 1.15 bits per heavy atom. The molecule has 0 fully saturated rings. The van der Waals surface area contributed by atoms with Crippen molar-refractivity contribution in [2.75, 3.05) is 6.54 Å². The van der Waals surface area contributed by atoms with Gasteiger partial charge in [-0.25, -0.2) is 4.79 Å². The molecule has 1 amide bonds. The minimum atomic E-state index is -1.29. The Hall–Kier alpha value is -3.32. The third-order valence-electron chi connectivity index (χ3n) is 3.66. The van der Waals surface area contributed by atoms with Gasteiger partial charge in [0.1, 0.15) is 17.9 Å². The second kappa shape index (κ2) is 6.89. The highest BCUT2D eigenvalue weighted by Gasteiger charge is 2.23. The first-order valence-corrected chi connectivity index (χ1v) is 7.81. The zero-order valence-electron chi connectivity index (χ0n) is 13.2. The average molecular weight is 374 g/mol. The molecule has 1 aromatic heterocycles. The topological polar surface area (TPSA) is 117 Å². The maximum atomic E-state index is 12.2. The number of nitrogens with one attached hydrogen (secondary N) is 1. The van der Waals surface area contributed by atoms with E-state index in [1.165, 1.54) is 6.07 Å². The molecular weight excluding hydrogens is 362 g/mol. The Morgan fingerprint density at radius 3 is 2.50 bits per heavy atom. The first kappa shape index (κ1) is 17.5. The molecule has 7 nitrogen and oxygen atoms in total. The number of halogens is 1. The fraction of sp³-hybridized carbons (Fsp3) is 0.0556. The molecule has 3 rings (SSSR count). The number of fused-ring (bicyclic) bond motifs is 1. The van der Waals surface area contributed by atoms with Crippen molar-refractivity contribution in [1.82, 2.24) is 5.32 Å². The van der Waals surface area contributed by atoms with Gasteiger partial charge >= 0.3 is 11.6 Å². The van der Waals surface area contributed by atoms with Crippen molar-refractivity contribution in [2.24, 2.45) is 0 Å². The van der Waals surface area contributed by atoms with Crippen LogP contribution in [0.2, 0.25) is 5.02 Å². The fourth-order valence-corrected chi connectivity index (χ4v) is 2.75. The molecule has 0 bridgehead atoms. The molecule has 0 unspecified atom stereocenters. The van der Waals surface area contributed by atoms with Crippen LogP contribution in [0, 0.1) is 0 Å². The van der Waals surface area contributed by atoms with E-state index in [0.717, 1.165) is 0 Å². The highest BCUT2D eigenvalue weighted by molar-refractivity contribution is 6.32. The minimum Gasteiger partial charge on any atom is -0.506 e. The lowest BCUT2D eigenvalue weighted by atomic mass is 10.0. The summed E-state index contributed by atoms with van der Waals surface area (Å²) in [5.41, 5.74) is -0.529. The van der Waals surface area contributed by atoms with Crippen LogP contribution in [0.15, 0.2) is 51.7 Å². The van der Waals surface area contributed by atoms with Gasteiger partial charge in [-0.05, 0) is 17.7 Å². The largest absolute Gasteiger partial charge is 0.506 e. The predicted octanol–water partition coefficient (Wildman–Crippen LogP) is 2.63. The number of carbonyl (C=O) groups is 2. The summed E-state index contributed by atoms with van der Waals surface area (Å²) < 4.78 is 5.26. The Bertz CT molecular complexity index is 1070. The van der Waals surface area contributed by atoms with Crippen LogP contribution in [0.1, 0.15) is 10.4 Å². The Labute approximate surface area is 151 Å². The van der Waals surface area contributed by atoms with Gasteiger partial charge in [0, 0.05) is 10.6 Å². The van der Waals surface area contributed by atoms with E-state index in [1.807, 2.05) is 11.4 Å². The molecule has 0 spiro atoms. The summed E-state index contributed by atoms with van der Waals surface area (Å²) in [4.78, 5) is 34.9. The van der Waals surface area contributed by atoms with E-state index in [-0.39, 0.29) is 16.0 Å². The van der Waals surface area contributed by atoms with E-state index in [1.54, 1.807) is 30.3 Å². The van der Waals surface area contributed by atoms with E-state index in [9.17, 15) is 19.5 Å². The van der Waals surface area contributed by atoms with Crippen LogP contribution in [0.3, 0.4) is 0 Å². The molecule has 26 heavy (non-hydrogen) atoms. The highest BCUT2D eigenvalue weighted by atomic mass is 35.5. The van der Waals surface area contributed by atoms with Crippen molar-refractivity contribution in [3.8, 4) is 16.9 Å². The normalized spacial score (nSPS) is 10.7. The van der Waals surface area contributed by atoms with Gasteiger partial charge in [-0.2, -0.15) is 0 Å². The van der Waals surface area contributed by atoms with Gasteiger partial charge in [-0.3, -0.25) is 9.59 Å². The minimum absolute atomic E-state index is 0.0661. The van der Waals surface area contributed by atoms with Crippen LogP contribution >= 0.6 is 11.6 Å². The SMILES string of the molecule is O=C(O)CNC(=O)c1c(O)c2cc(Cl)cc(-c3ccccc3)c2oc1=O. The number of carboxylic acid groups (broad SMARTS) is 1. The first-order chi connectivity index (χ1) is 12.4. The molecule has 1 heterocycles. The maximum Gasteiger partial charge on any atom is 0.353 e. The summed E-state index contributed by atoms with van der Waals surface area (Å²) in [5.74, 6) is -2.97. The summed E-state index contributed by atoms with van der Waals surface area (Å²) in [6, 6.07) is 11.9. The van der Waals surface area contributed by atoms with Gasteiger partial charge in [0.25, 0.3) is 5.91 Å². The fourth-order valence-electron chi connectivity index (χ4n) is 2.53. The van der Waals surface area contributed by atoms with Crippen LogP contribution in [0.5, 0.6) is 5.75 Å². The van der Waals surface area contributed by atoms with Crippen molar-refractivity contribution >= 4 is 34.4 Å². The lowest BCUT2D eigenvalue weighted by molar-refractivity contribution is -0.135. The summed E-state index contributed by atoms with van der Waals surface area (Å²) >= 11 is 6.11. The van der Waals surface area contributed by atoms with E-state index >= 15 is 0 Å². The number of carbonyl (C=O) groups excluding carboxylic acids is 1. The lowest BCUT2D eigenvalue weighted by Gasteiger charge is -2.10. The molecule has 3 N–H and O–H groups in total. The zero-order chi connectivity index (χ0) is 18.8. The average Bonchev–Trinajstić information content (AvgIpc) is 2.61. The Morgan fingerprint density at radius 2 is 1.85 bits per heavy atom. The lowest BCUT2D eigenvalue weighted by Crippen LogP contribution is -2.32. The number of carboxylic acids is 1. The molecule has 0 saturated carbocycles. The molecule has 0 saturated heterocycles. The van der Waals surface area contributed by atoms with Gasteiger partial charge in [0.2, 0.25) is 0 Å². The number of amides is 1. The first-order valence-electron chi connectivity index (χ1n) is 7.43. The smallest absolute Gasteiger partial charge is 0.353 e. The molecule has 132 valence electrons. The molecular formula is C18H12ClNO6. The third kappa shape index (κ3) is 3.25. The summed E-state index contributed by atoms with van der Waals surface area (Å²) in [6.45, 7) is -0.708. The summed E-state index contributed by atoms with van der Waals surface area (Å²) in [7, 11) is 0. The van der Waals surface area contributed by atoms with Gasteiger partial charge in [0.15, 0.2) is 5.56 Å². The predicted molar refractivity (Wildman–Crippen MR) is 94.6 cm³/mol. The van der Waals surface area contributed by atoms with Crippen LogP contribution in [-0.2, 0) is 4.79 Å². The van der Waals surface area contributed by atoms with Gasteiger partial charge < -0.3 is 19.9 Å². The number of benzene rings is 2. The third-order valence-corrected chi connectivity index (χ3v) is 3.87. The number of hydrogen-bond acceptors (Lipinski definition) is 5. The monoisotopic (exact) mass is 373 g/mol. The Kier molecular flexibility index (Phi) is 4.64. The van der Waals surface area contributed by atoms with Crippen molar-refractivity contribution < 1.29 is 24.2 Å². The molecule has 2 aromatic carbocycles. The summed E-state index contributed by atoms with van der Waals surface area (Å²) in [5, 5.41) is 21.4. The van der Waals surface area contributed by atoms with Crippen molar-refractivity contribution in [2.45, 2.75) is 0 Å². The highest BCUT2D eigenvalue weighted by Crippen LogP contribution is 2.36. The number of aromatic hydroxyl groups is 1. The second-order valence-electron chi connectivity index (χ2n) is 5.39.